The Bertz CT molecular complexity index is 805. The number of anilines is 1. The number of alkyl halides is 3. The van der Waals surface area contributed by atoms with Crippen molar-refractivity contribution in [1.29, 1.82) is 5.26 Å². The number of rotatable bonds is 4. The van der Waals surface area contributed by atoms with Crippen LogP contribution in [0.1, 0.15) is 18.1 Å². The molecule has 1 unspecified atom stereocenters. The first-order chi connectivity index (χ1) is 12.2. The molecule has 1 fully saturated rings. The van der Waals surface area contributed by atoms with Gasteiger partial charge in [0.15, 0.2) is 0 Å². The van der Waals surface area contributed by atoms with Gasteiger partial charge in [-0.15, -0.1) is 0 Å². The molecule has 0 radical (unpaired) electrons. The Kier molecular flexibility index (Phi) is 4.59. The smallest absolute Gasteiger partial charge is 0.366 e. The second-order valence-corrected chi connectivity index (χ2v) is 9.21. The van der Waals surface area contributed by atoms with Gasteiger partial charge in [0.05, 0.1) is 24.7 Å². The number of nitrogens with zero attached hydrogens (tertiary/aromatic N) is 2. The van der Waals surface area contributed by atoms with Crippen molar-refractivity contribution in [3.8, 4) is 6.07 Å². The zero-order chi connectivity index (χ0) is 19.0. The molecule has 2 aromatic carbocycles. The molecule has 0 saturated carbocycles. The lowest BCUT2D eigenvalue weighted by atomic mass is 9.88. The fourth-order valence-electron chi connectivity index (χ4n) is 3.35. The Hall–Kier alpha value is -2.30. The van der Waals surface area contributed by atoms with Gasteiger partial charge in [-0.1, -0.05) is 30.3 Å². The number of halogens is 3. The van der Waals surface area contributed by atoms with E-state index < -0.39 is 22.4 Å². The highest BCUT2D eigenvalue weighted by molar-refractivity contribution is 6.15. The number of nitriles is 1. The zero-order valence-electron chi connectivity index (χ0n) is 14.6. The molecule has 1 heterocycles. The van der Waals surface area contributed by atoms with Crippen molar-refractivity contribution in [2.24, 2.45) is 0 Å². The molecule has 26 heavy (non-hydrogen) atoms. The largest absolute Gasteiger partial charge is 0.416 e. The highest BCUT2D eigenvalue weighted by Gasteiger charge is 2.46. The summed E-state index contributed by atoms with van der Waals surface area (Å²) in [4.78, 5) is 2.11. The lowest BCUT2D eigenvalue weighted by Gasteiger charge is -2.51. The highest BCUT2D eigenvalue weighted by atomic mass is 28.1. The second-order valence-electron chi connectivity index (χ2n) is 7.21. The summed E-state index contributed by atoms with van der Waals surface area (Å²) in [6, 6.07) is 17.4. The Morgan fingerprint density at radius 2 is 1.58 bits per heavy atom. The average Bonchev–Trinajstić information content (AvgIpc) is 2.58. The molecule has 0 aromatic heterocycles. The first kappa shape index (κ1) is 18.5. The monoisotopic (exact) mass is 375 g/mol. The molecule has 2 aromatic rings. The maximum atomic E-state index is 12.8. The van der Waals surface area contributed by atoms with Crippen LogP contribution < -0.4 is 10.2 Å². The summed E-state index contributed by atoms with van der Waals surface area (Å²) < 4.78 is 38.3. The molecule has 0 amide bonds. The fraction of sp³-hybridized carbons (Fsp3) is 0.316. The summed E-state index contributed by atoms with van der Waals surface area (Å²) in [5.74, 6) is 0. The van der Waals surface area contributed by atoms with E-state index in [1.807, 2.05) is 37.3 Å². The highest BCUT2D eigenvalue weighted by Crippen LogP contribution is 2.33. The topological polar surface area (TPSA) is 39.1 Å². The zero-order valence-corrected chi connectivity index (χ0v) is 16.6. The van der Waals surface area contributed by atoms with Gasteiger partial charge in [0.25, 0.3) is 0 Å². The minimum atomic E-state index is -4.34. The van der Waals surface area contributed by atoms with E-state index >= 15 is 0 Å². The molecule has 0 bridgehead atoms. The van der Waals surface area contributed by atoms with Crippen molar-refractivity contribution in [1.82, 2.24) is 5.32 Å². The molecule has 136 valence electrons. The molecule has 7 heteroatoms. The Morgan fingerprint density at radius 1 is 1.04 bits per heavy atom. The van der Waals surface area contributed by atoms with Crippen LogP contribution in [-0.4, -0.2) is 28.9 Å². The van der Waals surface area contributed by atoms with E-state index in [9.17, 15) is 18.4 Å². The minimum absolute atomic E-state index is 0.497. The van der Waals surface area contributed by atoms with E-state index in [2.05, 4.69) is 16.3 Å². The first-order valence-corrected chi connectivity index (χ1v) is 9.34. The molecule has 3 nitrogen and oxygen atoms in total. The lowest BCUT2D eigenvalue weighted by Crippen LogP contribution is -2.72. The van der Waals surface area contributed by atoms with Crippen molar-refractivity contribution in [3.05, 3.63) is 65.7 Å². The van der Waals surface area contributed by atoms with Gasteiger partial charge in [0.2, 0.25) is 0 Å². The van der Waals surface area contributed by atoms with E-state index in [-0.39, 0.29) is 0 Å². The summed E-state index contributed by atoms with van der Waals surface area (Å²) in [5, 5.41) is 12.6. The van der Waals surface area contributed by atoms with Gasteiger partial charge in [0.1, 0.15) is 5.54 Å². The Morgan fingerprint density at radius 3 is 2.08 bits per heavy atom. The van der Waals surface area contributed by atoms with Crippen LogP contribution in [0.4, 0.5) is 18.9 Å². The number of benzene rings is 2. The summed E-state index contributed by atoms with van der Waals surface area (Å²) in [5.41, 5.74) is 0.469. The second kappa shape index (κ2) is 6.45. The Balaban J connectivity index is 1.73. The van der Waals surface area contributed by atoms with Gasteiger partial charge < -0.3 is 4.90 Å². The molecule has 3 rings (SSSR count). The quantitative estimate of drug-likeness (QED) is 0.835. The molecule has 1 N–H and O–H groups in total. The first-order valence-electron chi connectivity index (χ1n) is 8.34. The molecule has 1 aliphatic rings. The number of nitrogens with one attached hydrogen (secondary N) is 1. The van der Waals surface area contributed by atoms with Gasteiger partial charge in [-0.3, -0.25) is 5.32 Å². The summed E-state index contributed by atoms with van der Waals surface area (Å²) in [6.45, 7) is 3.03. The van der Waals surface area contributed by atoms with Crippen LogP contribution in [0.15, 0.2) is 54.6 Å². The summed E-state index contributed by atoms with van der Waals surface area (Å²) in [6.07, 6.45) is -4.34. The third-order valence-corrected chi connectivity index (χ3v) is 5.57. The van der Waals surface area contributed by atoms with Gasteiger partial charge in [-0.2, -0.15) is 18.4 Å². The summed E-state index contributed by atoms with van der Waals surface area (Å²) >= 11 is 0. The van der Waals surface area contributed by atoms with Crippen molar-refractivity contribution in [3.63, 3.8) is 0 Å². The normalized spacial score (nSPS) is 18.7. The number of hydrogen-bond acceptors (Lipinski definition) is 3. The van der Waals surface area contributed by atoms with Crippen LogP contribution in [0.5, 0.6) is 0 Å². The van der Waals surface area contributed by atoms with Gasteiger partial charge in [0, 0.05) is 21.1 Å². The van der Waals surface area contributed by atoms with Crippen LogP contribution in [0.25, 0.3) is 0 Å². The standard InChI is InChI=1S/C19H20F3N3Si/c1-17(26,14-7-9-15(10-8-14)19(20,21)22)24-18(11-23)12-25(13-18)16-5-3-2-4-6-16/h2-10,24H,12-13H2,1,26H3. The van der Waals surface area contributed by atoms with Crippen molar-refractivity contribution < 1.29 is 13.2 Å². The third-order valence-electron chi connectivity index (χ3n) is 4.74. The lowest BCUT2D eigenvalue weighted by molar-refractivity contribution is -0.137. The molecule has 1 aliphatic heterocycles. The van der Waals surface area contributed by atoms with Crippen molar-refractivity contribution in [2.75, 3.05) is 18.0 Å². The van der Waals surface area contributed by atoms with Crippen LogP contribution in [0.2, 0.25) is 0 Å². The average molecular weight is 375 g/mol. The number of para-hydroxylation sites is 1. The third kappa shape index (κ3) is 3.62. The predicted octanol–water partition coefficient (Wildman–Crippen LogP) is 2.62. The van der Waals surface area contributed by atoms with E-state index in [1.165, 1.54) is 12.1 Å². The predicted molar refractivity (Wildman–Crippen MR) is 98.9 cm³/mol. The fourth-order valence-corrected chi connectivity index (χ4v) is 4.16. The van der Waals surface area contributed by atoms with Gasteiger partial charge >= 0.3 is 6.18 Å². The number of hydrogen-bond donors (Lipinski definition) is 1. The Labute approximate surface area is 153 Å². The summed E-state index contributed by atoms with van der Waals surface area (Å²) in [7, 11) is 0.648. The maximum Gasteiger partial charge on any atom is 0.416 e. The molecule has 0 aliphatic carbocycles. The van der Waals surface area contributed by atoms with Crippen LogP contribution in [0.3, 0.4) is 0 Å². The molecular weight excluding hydrogens is 355 g/mol. The van der Waals surface area contributed by atoms with Crippen molar-refractivity contribution in [2.45, 2.75) is 23.8 Å². The molecule has 0 spiro atoms. The van der Waals surface area contributed by atoms with Crippen LogP contribution in [-0.2, 0) is 11.3 Å². The van der Waals surface area contributed by atoms with E-state index in [0.717, 1.165) is 23.4 Å². The van der Waals surface area contributed by atoms with E-state index in [1.54, 1.807) is 0 Å². The van der Waals surface area contributed by atoms with Crippen LogP contribution >= 0.6 is 0 Å². The van der Waals surface area contributed by atoms with Gasteiger partial charge in [-0.25, -0.2) is 0 Å². The molecule has 1 saturated heterocycles. The van der Waals surface area contributed by atoms with Gasteiger partial charge in [-0.05, 0) is 36.8 Å². The van der Waals surface area contributed by atoms with Crippen LogP contribution in [0, 0.1) is 11.3 Å². The minimum Gasteiger partial charge on any atom is -0.366 e. The molecule has 1 atom stereocenters. The van der Waals surface area contributed by atoms with E-state index in [0.29, 0.717) is 23.3 Å². The van der Waals surface area contributed by atoms with Crippen molar-refractivity contribution >= 4 is 15.9 Å². The molecular formula is C19H20F3N3Si. The SMILES string of the molecule is CC([SiH3])(NC1(C#N)CN(c2ccccc2)C1)c1ccc(C(F)(F)F)cc1. The maximum absolute atomic E-state index is 12.8. The van der Waals surface area contributed by atoms with E-state index in [4.69, 9.17) is 0 Å².